The molecule has 7 nitrogen and oxygen atoms in total. The minimum atomic E-state index is -1.15. The van der Waals surface area contributed by atoms with Gasteiger partial charge in [0.1, 0.15) is 17.9 Å². The molecule has 0 saturated heterocycles. The van der Waals surface area contributed by atoms with E-state index in [9.17, 15) is 9.59 Å². The number of rotatable bonds is 8. The minimum Gasteiger partial charge on any atom is -0.487 e. The highest BCUT2D eigenvalue weighted by Gasteiger charge is 2.21. The van der Waals surface area contributed by atoms with Crippen molar-refractivity contribution in [1.82, 2.24) is 0 Å². The van der Waals surface area contributed by atoms with Crippen molar-refractivity contribution in [2.24, 2.45) is 0 Å². The molecule has 0 unspecified atom stereocenters. The fourth-order valence-electron chi connectivity index (χ4n) is 2.15. The molecule has 25 heavy (non-hydrogen) atoms. The van der Waals surface area contributed by atoms with Crippen LogP contribution in [0.1, 0.15) is 33.6 Å². The number of furan rings is 1. The topological polar surface area (TPSA) is 98.0 Å². The van der Waals surface area contributed by atoms with Crippen LogP contribution < -0.4 is 10.1 Å². The zero-order valence-corrected chi connectivity index (χ0v) is 14.6. The van der Waals surface area contributed by atoms with E-state index in [0.717, 1.165) is 0 Å². The number of hydrogen-bond acceptors (Lipinski definition) is 5. The number of halogens is 1. The van der Waals surface area contributed by atoms with Crippen molar-refractivity contribution in [2.45, 2.75) is 13.3 Å². The number of carboxylic acids is 1. The maximum absolute atomic E-state index is 12.4. The van der Waals surface area contributed by atoms with E-state index < -0.39 is 11.9 Å². The third kappa shape index (κ3) is 4.52. The van der Waals surface area contributed by atoms with Crippen LogP contribution in [-0.4, -0.2) is 37.3 Å². The molecule has 0 fully saturated rings. The lowest BCUT2D eigenvalue weighted by Crippen LogP contribution is -2.13. The molecular weight excluding hydrogens is 350 g/mol. The number of aromatic carboxylic acids is 1. The van der Waals surface area contributed by atoms with Crippen molar-refractivity contribution in [3.05, 3.63) is 46.4 Å². The van der Waals surface area contributed by atoms with E-state index in [1.807, 2.05) is 0 Å². The van der Waals surface area contributed by atoms with Crippen LogP contribution in [0.3, 0.4) is 0 Å². The van der Waals surface area contributed by atoms with E-state index in [-0.39, 0.29) is 23.7 Å². The summed E-state index contributed by atoms with van der Waals surface area (Å²) < 4.78 is 15.8. The molecule has 0 aliphatic carbocycles. The van der Waals surface area contributed by atoms with Crippen LogP contribution in [0, 0.1) is 0 Å². The second kappa shape index (κ2) is 8.55. The maximum Gasteiger partial charge on any atom is 0.339 e. The number of para-hydroxylation sites is 1. The number of nitrogens with one attached hydrogen (secondary N) is 1. The van der Waals surface area contributed by atoms with Crippen molar-refractivity contribution >= 4 is 29.2 Å². The predicted octanol–water partition coefficient (Wildman–Crippen LogP) is 3.47. The van der Waals surface area contributed by atoms with Crippen LogP contribution in [0.2, 0.25) is 5.02 Å². The largest absolute Gasteiger partial charge is 0.487 e. The Hall–Kier alpha value is -2.51. The van der Waals surface area contributed by atoms with Gasteiger partial charge in [0.15, 0.2) is 11.5 Å². The van der Waals surface area contributed by atoms with Gasteiger partial charge in [-0.15, -0.1) is 0 Å². The Morgan fingerprint density at radius 3 is 2.68 bits per heavy atom. The van der Waals surface area contributed by atoms with Gasteiger partial charge < -0.3 is 24.3 Å². The number of hydrogen-bond donors (Lipinski definition) is 2. The average Bonchev–Trinajstić information content (AvgIpc) is 3.02. The summed E-state index contributed by atoms with van der Waals surface area (Å²) >= 11 is 6.11. The van der Waals surface area contributed by atoms with E-state index >= 15 is 0 Å². The number of carboxylic acid groups (broad SMARTS) is 1. The van der Waals surface area contributed by atoms with Crippen LogP contribution in [0.5, 0.6) is 5.75 Å². The minimum absolute atomic E-state index is 0.0321. The summed E-state index contributed by atoms with van der Waals surface area (Å²) in [5.41, 5.74) is 0.315. The molecule has 0 radical (unpaired) electrons. The monoisotopic (exact) mass is 367 g/mol. The van der Waals surface area contributed by atoms with Gasteiger partial charge in [-0.3, -0.25) is 4.79 Å². The third-order valence-corrected chi connectivity index (χ3v) is 3.63. The second-order valence-electron chi connectivity index (χ2n) is 5.02. The number of ether oxygens (including phenoxy) is 2. The van der Waals surface area contributed by atoms with Crippen LogP contribution in [0.25, 0.3) is 0 Å². The Labute approximate surface area is 149 Å². The van der Waals surface area contributed by atoms with Gasteiger partial charge in [0.2, 0.25) is 0 Å². The fourth-order valence-corrected chi connectivity index (χ4v) is 2.38. The quantitative estimate of drug-likeness (QED) is 0.693. The molecule has 134 valence electrons. The van der Waals surface area contributed by atoms with E-state index in [2.05, 4.69) is 5.32 Å². The molecule has 0 saturated carbocycles. The van der Waals surface area contributed by atoms with E-state index in [1.165, 1.54) is 6.07 Å². The number of aryl methyl sites for hydroxylation is 1. The molecular formula is C17H18ClNO6. The van der Waals surface area contributed by atoms with Crippen LogP contribution in [0.4, 0.5) is 5.69 Å². The number of methoxy groups -OCH3 is 1. The Kier molecular flexibility index (Phi) is 6.44. The Bertz CT molecular complexity index is 770. The van der Waals surface area contributed by atoms with Gasteiger partial charge in [0, 0.05) is 19.6 Å². The lowest BCUT2D eigenvalue weighted by atomic mass is 10.2. The highest BCUT2D eigenvalue weighted by Crippen LogP contribution is 2.33. The van der Waals surface area contributed by atoms with Crippen molar-refractivity contribution < 1.29 is 28.6 Å². The van der Waals surface area contributed by atoms with Crippen LogP contribution in [-0.2, 0) is 11.2 Å². The Morgan fingerprint density at radius 1 is 1.32 bits per heavy atom. The molecule has 0 bridgehead atoms. The standard InChI is InChI=1S/C17H18ClNO6/c1-3-13-10(17(21)22)9-14(25-13)16(20)19-12-6-4-5-11(18)15(12)24-8-7-23-2/h4-6,9H,3,7-8H2,1-2H3,(H,19,20)(H,21,22). The van der Waals surface area contributed by atoms with Crippen molar-refractivity contribution in [3.8, 4) is 5.75 Å². The lowest BCUT2D eigenvalue weighted by Gasteiger charge is -2.13. The Balaban J connectivity index is 2.23. The third-order valence-electron chi connectivity index (χ3n) is 3.33. The first kappa shape index (κ1) is 18.8. The first-order chi connectivity index (χ1) is 12.0. The van der Waals surface area contributed by atoms with Gasteiger partial charge in [-0.25, -0.2) is 4.79 Å². The zero-order chi connectivity index (χ0) is 18.4. The smallest absolute Gasteiger partial charge is 0.339 e. The van der Waals surface area contributed by atoms with Gasteiger partial charge in [0.05, 0.1) is 17.3 Å². The van der Waals surface area contributed by atoms with Crippen LogP contribution >= 0.6 is 11.6 Å². The number of carbonyl (C=O) groups excluding carboxylic acids is 1. The summed E-state index contributed by atoms with van der Waals surface area (Å²) in [5, 5.41) is 12.1. The van der Waals surface area contributed by atoms with Crippen molar-refractivity contribution in [1.29, 1.82) is 0 Å². The molecule has 2 N–H and O–H groups in total. The van der Waals surface area contributed by atoms with Gasteiger partial charge >= 0.3 is 5.97 Å². The molecule has 0 aliphatic rings. The molecule has 1 amide bonds. The number of amides is 1. The summed E-state index contributed by atoms with van der Waals surface area (Å²) in [4.78, 5) is 23.6. The molecule has 0 atom stereocenters. The van der Waals surface area contributed by atoms with Gasteiger partial charge in [-0.05, 0) is 12.1 Å². The van der Waals surface area contributed by atoms with E-state index in [0.29, 0.717) is 29.5 Å². The van der Waals surface area contributed by atoms with Gasteiger partial charge in [-0.1, -0.05) is 24.6 Å². The molecule has 2 rings (SSSR count). The van der Waals surface area contributed by atoms with Crippen molar-refractivity contribution in [2.75, 3.05) is 25.6 Å². The molecule has 8 heteroatoms. The van der Waals surface area contributed by atoms with E-state index in [4.69, 9.17) is 30.6 Å². The van der Waals surface area contributed by atoms with Crippen LogP contribution in [0.15, 0.2) is 28.7 Å². The highest BCUT2D eigenvalue weighted by molar-refractivity contribution is 6.32. The van der Waals surface area contributed by atoms with Gasteiger partial charge in [0.25, 0.3) is 5.91 Å². The van der Waals surface area contributed by atoms with Gasteiger partial charge in [-0.2, -0.15) is 0 Å². The zero-order valence-electron chi connectivity index (χ0n) is 13.8. The van der Waals surface area contributed by atoms with Crippen molar-refractivity contribution in [3.63, 3.8) is 0 Å². The summed E-state index contributed by atoms with van der Waals surface area (Å²) in [6.07, 6.45) is 0.359. The summed E-state index contributed by atoms with van der Waals surface area (Å²) in [6, 6.07) is 6.10. The number of anilines is 1. The normalized spacial score (nSPS) is 10.5. The molecule has 1 aromatic carbocycles. The lowest BCUT2D eigenvalue weighted by molar-refractivity contribution is 0.0694. The molecule has 2 aromatic rings. The first-order valence-electron chi connectivity index (χ1n) is 7.55. The molecule has 1 aromatic heterocycles. The number of benzene rings is 1. The maximum atomic E-state index is 12.4. The summed E-state index contributed by atoms with van der Waals surface area (Å²) in [7, 11) is 1.54. The average molecular weight is 368 g/mol. The number of carbonyl (C=O) groups is 2. The van der Waals surface area contributed by atoms with E-state index in [1.54, 1.807) is 32.2 Å². The molecule has 0 aliphatic heterocycles. The second-order valence-corrected chi connectivity index (χ2v) is 5.43. The summed E-state index contributed by atoms with van der Waals surface area (Å²) in [6.45, 7) is 2.36. The Morgan fingerprint density at radius 2 is 2.08 bits per heavy atom. The first-order valence-corrected chi connectivity index (χ1v) is 7.93. The molecule has 1 heterocycles. The summed E-state index contributed by atoms with van der Waals surface area (Å²) in [5.74, 6) is -1.31. The fraction of sp³-hybridized carbons (Fsp3) is 0.294. The SMILES string of the molecule is CCc1oc(C(=O)Nc2cccc(Cl)c2OCCOC)cc1C(=O)O. The highest BCUT2D eigenvalue weighted by atomic mass is 35.5. The predicted molar refractivity (Wildman–Crippen MR) is 91.8 cm³/mol. The molecule has 0 spiro atoms.